The number of hydrogen-bond donors (Lipinski definition) is 1. The zero-order valence-electron chi connectivity index (χ0n) is 9.47. The molecule has 0 saturated carbocycles. The normalized spacial score (nSPS) is 9.39. The molecule has 0 fully saturated rings. The molecule has 1 aromatic carbocycles. The lowest BCUT2D eigenvalue weighted by atomic mass is 10.2. The van der Waals surface area contributed by atoms with E-state index in [1.165, 1.54) is 0 Å². The second kappa shape index (κ2) is 7.13. The Balaban J connectivity index is 0.00000162. The third-order valence-electron chi connectivity index (χ3n) is 2.29. The fraction of sp³-hybridized carbons (Fsp3) is 0.0769. The molecule has 94 valence electrons. The maximum Gasteiger partial charge on any atom is 0.253 e. The Hall–Kier alpha value is -1.39. The quantitative estimate of drug-likeness (QED) is 0.940. The van der Waals surface area contributed by atoms with Crippen molar-refractivity contribution in [3.63, 3.8) is 0 Å². The number of carbonyl (C=O) groups is 1. The number of halogens is 2. The van der Waals surface area contributed by atoms with Crippen molar-refractivity contribution in [2.45, 2.75) is 6.54 Å². The third-order valence-corrected chi connectivity index (χ3v) is 2.82. The summed E-state index contributed by atoms with van der Waals surface area (Å²) in [4.78, 5) is 15.6. The fourth-order valence-electron chi connectivity index (χ4n) is 1.38. The number of carbonyl (C=O) groups excluding carboxylic acids is 1. The second-order valence-corrected chi connectivity index (χ2v) is 4.47. The van der Waals surface area contributed by atoms with Crippen molar-refractivity contribution < 1.29 is 4.79 Å². The molecule has 0 aliphatic rings. The van der Waals surface area contributed by atoms with Crippen LogP contribution < -0.4 is 5.32 Å². The Morgan fingerprint density at radius 3 is 2.56 bits per heavy atom. The van der Waals surface area contributed by atoms with Crippen LogP contribution in [0.3, 0.4) is 0 Å². The molecule has 0 unspecified atom stereocenters. The van der Waals surface area contributed by atoms with Gasteiger partial charge in [0.25, 0.3) is 5.91 Å². The Kier molecular flexibility index (Phi) is 5.82. The van der Waals surface area contributed by atoms with Crippen LogP contribution in [0.5, 0.6) is 0 Å². The highest BCUT2D eigenvalue weighted by molar-refractivity contribution is 9.10. The molecular weight excluding hydrogens is 316 g/mol. The van der Waals surface area contributed by atoms with Crippen LogP contribution in [0.4, 0.5) is 0 Å². The summed E-state index contributed by atoms with van der Waals surface area (Å²) in [7, 11) is 0. The Morgan fingerprint density at radius 1 is 1.22 bits per heavy atom. The molecule has 5 heteroatoms. The molecule has 0 aliphatic heterocycles. The van der Waals surface area contributed by atoms with E-state index in [9.17, 15) is 4.79 Å². The number of aromatic nitrogens is 1. The molecular formula is C13H12BrClN2O. The van der Waals surface area contributed by atoms with Gasteiger partial charge >= 0.3 is 0 Å². The van der Waals surface area contributed by atoms with Crippen LogP contribution in [0.2, 0.25) is 0 Å². The van der Waals surface area contributed by atoms with Crippen LogP contribution in [0.25, 0.3) is 0 Å². The van der Waals surface area contributed by atoms with Gasteiger partial charge in [-0.1, -0.05) is 28.1 Å². The highest BCUT2D eigenvalue weighted by Crippen LogP contribution is 2.10. The first kappa shape index (κ1) is 14.7. The minimum atomic E-state index is -0.110. The molecule has 3 nitrogen and oxygen atoms in total. The van der Waals surface area contributed by atoms with Gasteiger partial charge in [-0.25, -0.2) is 0 Å². The van der Waals surface area contributed by atoms with Gasteiger partial charge in [-0.05, 0) is 29.8 Å². The summed E-state index contributed by atoms with van der Waals surface area (Å²) in [5.41, 5.74) is 1.63. The van der Waals surface area contributed by atoms with Crippen molar-refractivity contribution >= 4 is 34.2 Å². The molecule has 2 rings (SSSR count). The molecule has 0 aliphatic carbocycles. The van der Waals surface area contributed by atoms with Crippen molar-refractivity contribution in [1.29, 1.82) is 0 Å². The van der Waals surface area contributed by atoms with Gasteiger partial charge < -0.3 is 5.32 Å². The van der Waals surface area contributed by atoms with Gasteiger partial charge in [0.1, 0.15) is 0 Å². The molecule has 0 atom stereocenters. The highest BCUT2D eigenvalue weighted by Gasteiger charge is 2.04. The van der Waals surface area contributed by atoms with Gasteiger partial charge in [0.05, 0.1) is 5.56 Å². The maximum atomic E-state index is 11.7. The Morgan fingerprint density at radius 2 is 1.94 bits per heavy atom. The monoisotopic (exact) mass is 326 g/mol. The number of amides is 1. The summed E-state index contributed by atoms with van der Waals surface area (Å²) in [6, 6.07) is 11.3. The van der Waals surface area contributed by atoms with Crippen LogP contribution in [-0.4, -0.2) is 10.9 Å². The first-order valence-electron chi connectivity index (χ1n) is 5.18. The number of pyridine rings is 1. The molecule has 0 radical (unpaired) electrons. The van der Waals surface area contributed by atoms with E-state index < -0.39 is 0 Å². The van der Waals surface area contributed by atoms with E-state index in [1.807, 2.05) is 24.3 Å². The van der Waals surface area contributed by atoms with Crippen molar-refractivity contribution in [3.8, 4) is 0 Å². The smallest absolute Gasteiger partial charge is 0.253 e. The Labute approximate surface area is 120 Å². The summed E-state index contributed by atoms with van der Waals surface area (Å²) in [6.07, 6.45) is 3.20. The molecule has 2 aromatic rings. The predicted molar refractivity (Wildman–Crippen MR) is 76.8 cm³/mol. The second-order valence-electron chi connectivity index (χ2n) is 3.55. The lowest BCUT2D eigenvalue weighted by Crippen LogP contribution is -2.22. The van der Waals surface area contributed by atoms with Crippen molar-refractivity contribution in [2.75, 3.05) is 0 Å². The van der Waals surface area contributed by atoms with E-state index >= 15 is 0 Å². The first-order chi connectivity index (χ1) is 8.25. The number of hydrogen-bond acceptors (Lipinski definition) is 2. The molecule has 1 amide bonds. The van der Waals surface area contributed by atoms with Crippen LogP contribution >= 0.6 is 28.3 Å². The van der Waals surface area contributed by atoms with Crippen LogP contribution in [0.15, 0.2) is 53.3 Å². The third kappa shape index (κ3) is 4.13. The van der Waals surface area contributed by atoms with Crippen LogP contribution in [0.1, 0.15) is 15.9 Å². The van der Waals surface area contributed by atoms with E-state index in [0.717, 1.165) is 10.0 Å². The molecule has 0 bridgehead atoms. The highest BCUT2D eigenvalue weighted by atomic mass is 79.9. The van der Waals surface area contributed by atoms with Gasteiger partial charge in [0, 0.05) is 23.4 Å². The maximum absolute atomic E-state index is 11.7. The topological polar surface area (TPSA) is 42.0 Å². The van der Waals surface area contributed by atoms with Crippen LogP contribution in [-0.2, 0) is 6.54 Å². The van der Waals surface area contributed by atoms with E-state index in [-0.39, 0.29) is 18.3 Å². The molecule has 0 spiro atoms. The van der Waals surface area contributed by atoms with E-state index in [4.69, 9.17) is 0 Å². The van der Waals surface area contributed by atoms with Gasteiger partial charge in [-0.3, -0.25) is 9.78 Å². The summed E-state index contributed by atoms with van der Waals surface area (Å²) in [5, 5.41) is 2.84. The fourth-order valence-corrected chi connectivity index (χ4v) is 1.65. The number of rotatable bonds is 3. The van der Waals surface area contributed by atoms with E-state index in [1.54, 1.807) is 24.5 Å². The molecule has 1 aromatic heterocycles. The van der Waals surface area contributed by atoms with Crippen LogP contribution in [0, 0.1) is 0 Å². The average Bonchev–Trinajstić information content (AvgIpc) is 2.39. The minimum absolute atomic E-state index is 0. The van der Waals surface area contributed by atoms with Gasteiger partial charge in [-0.15, -0.1) is 12.4 Å². The lowest BCUT2D eigenvalue weighted by molar-refractivity contribution is 0.0950. The number of nitrogens with one attached hydrogen (secondary N) is 1. The molecule has 18 heavy (non-hydrogen) atoms. The van der Waals surface area contributed by atoms with Gasteiger partial charge in [0.2, 0.25) is 0 Å². The lowest BCUT2D eigenvalue weighted by Gasteiger charge is -2.05. The van der Waals surface area contributed by atoms with E-state index in [0.29, 0.717) is 12.1 Å². The average molecular weight is 328 g/mol. The zero-order valence-corrected chi connectivity index (χ0v) is 11.9. The van der Waals surface area contributed by atoms with Crippen molar-refractivity contribution in [3.05, 3.63) is 64.4 Å². The summed E-state index contributed by atoms with van der Waals surface area (Å²) in [5.74, 6) is -0.110. The molecule has 0 saturated heterocycles. The van der Waals surface area contributed by atoms with E-state index in [2.05, 4.69) is 26.2 Å². The minimum Gasteiger partial charge on any atom is -0.348 e. The number of benzene rings is 1. The summed E-state index contributed by atoms with van der Waals surface area (Å²) < 4.78 is 1.03. The Bertz CT molecular complexity index is 502. The molecule has 1 N–H and O–H groups in total. The first-order valence-corrected chi connectivity index (χ1v) is 5.97. The number of nitrogens with zero attached hydrogens (tertiary/aromatic N) is 1. The van der Waals surface area contributed by atoms with Gasteiger partial charge in [0.15, 0.2) is 0 Å². The summed E-state index contributed by atoms with van der Waals surface area (Å²) in [6.45, 7) is 0.515. The largest absolute Gasteiger partial charge is 0.348 e. The van der Waals surface area contributed by atoms with Crippen molar-refractivity contribution in [1.82, 2.24) is 10.3 Å². The summed E-state index contributed by atoms with van der Waals surface area (Å²) >= 11 is 3.37. The van der Waals surface area contributed by atoms with Gasteiger partial charge in [-0.2, -0.15) is 0 Å². The van der Waals surface area contributed by atoms with Crippen molar-refractivity contribution in [2.24, 2.45) is 0 Å². The predicted octanol–water partition coefficient (Wildman–Crippen LogP) is 3.20. The molecule has 1 heterocycles. The SMILES string of the molecule is Cl.O=C(NCc1ccc(Br)cc1)c1cccnc1. The zero-order chi connectivity index (χ0) is 12.1. The standard InChI is InChI=1S/C13H11BrN2O.ClH/c14-12-5-3-10(4-6-12)8-16-13(17)11-2-1-7-15-9-11;/h1-7,9H,8H2,(H,16,17);1H.